The highest BCUT2D eigenvalue weighted by Crippen LogP contribution is 2.26. The number of amides is 1. The van der Waals surface area contributed by atoms with Gasteiger partial charge in [0.2, 0.25) is 0 Å². The number of hydrogen-bond acceptors (Lipinski definition) is 4. The van der Waals surface area contributed by atoms with Crippen molar-refractivity contribution in [1.29, 1.82) is 0 Å². The average molecular weight is 438 g/mol. The third kappa shape index (κ3) is 6.61. The number of ether oxygens (including phenoxy) is 1. The standard InChI is InChI=1S/C21H25Cl2N3O3/c1-13-15(9-10-20(28)29-12-19(27)24-21(3,4)5)14(2)26(25-13)11-16-17(22)7-6-8-18(16)23/h6-10H,11-12H2,1-5H3,(H,24,27). The van der Waals surface area contributed by atoms with Gasteiger partial charge in [0.15, 0.2) is 6.61 Å². The van der Waals surface area contributed by atoms with Gasteiger partial charge in [-0.15, -0.1) is 0 Å². The van der Waals surface area contributed by atoms with E-state index >= 15 is 0 Å². The van der Waals surface area contributed by atoms with E-state index in [1.54, 1.807) is 29.0 Å². The van der Waals surface area contributed by atoms with E-state index < -0.39 is 5.97 Å². The lowest BCUT2D eigenvalue weighted by molar-refractivity contribution is -0.144. The summed E-state index contributed by atoms with van der Waals surface area (Å²) in [5.74, 6) is -0.953. The summed E-state index contributed by atoms with van der Waals surface area (Å²) >= 11 is 12.5. The van der Waals surface area contributed by atoms with Crippen molar-refractivity contribution in [3.05, 3.63) is 56.8 Å². The highest BCUT2D eigenvalue weighted by Gasteiger charge is 2.15. The number of carbonyl (C=O) groups excluding carboxylic acids is 2. The molecule has 0 radical (unpaired) electrons. The fourth-order valence-electron chi connectivity index (χ4n) is 2.73. The van der Waals surface area contributed by atoms with Crippen molar-refractivity contribution in [2.24, 2.45) is 0 Å². The zero-order valence-corrected chi connectivity index (χ0v) is 18.7. The first-order valence-corrected chi connectivity index (χ1v) is 9.86. The summed E-state index contributed by atoms with van der Waals surface area (Å²) in [7, 11) is 0. The number of esters is 1. The van der Waals surface area contributed by atoms with Crippen LogP contribution in [0, 0.1) is 13.8 Å². The molecule has 29 heavy (non-hydrogen) atoms. The molecule has 0 bridgehead atoms. The van der Waals surface area contributed by atoms with Gasteiger partial charge in [0.05, 0.1) is 12.2 Å². The van der Waals surface area contributed by atoms with Crippen molar-refractivity contribution in [2.45, 2.75) is 46.7 Å². The summed E-state index contributed by atoms with van der Waals surface area (Å²) in [5, 5.41) is 8.38. The number of nitrogens with one attached hydrogen (secondary N) is 1. The van der Waals surface area contributed by atoms with Crippen LogP contribution in [-0.4, -0.2) is 33.8 Å². The third-order valence-corrected chi connectivity index (χ3v) is 4.76. The van der Waals surface area contributed by atoms with Crippen molar-refractivity contribution >= 4 is 41.2 Å². The lowest BCUT2D eigenvalue weighted by Gasteiger charge is -2.20. The first kappa shape index (κ1) is 23.0. The second-order valence-corrected chi connectivity index (χ2v) is 8.50. The van der Waals surface area contributed by atoms with Crippen LogP contribution < -0.4 is 5.32 Å². The molecule has 1 aromatic heterocycles. The van der Waals surface area contributed by atoms with Gasteiger partial charge in [-0.2, -0.15) is 5.10 Å². The van der Waals surface area contributed by atoms with Crippen LogP contribution in [-0.2, 0) is 20.9 Å². The van der Waals surface area contributed by atoms with Gasteiger partial charge >= 0.3 is 5.97 Å². The van der Waals surface area contributed by atoms with E-state index in [9.17, 15) is 9.59 Å². The van der Waals surface area contributed by atoms with Gasteiger partial charge in [0.25, 0.3) is 5.91 Å². The summed E-state index contributed by atoms with van der Waals surface area (Å²) in [6.07, 6.45) is 2.92. The van der Waals surface area contributed by atoms with Gasteiger partial charge in [-0.3, -0.25) is 9.48 Å². The van der Waals surface area contributed by atoms with Gasteiger partial charge in [0.1, 0.15) is 0 Å². The van der Waals surface area contributed by atoms with E-state index in [0.29, 0.717) is 16.6 Å². The molecule has 0 fully saturated rings. The third-order valence-electron chi connectivity index (χ3n) is 4.05. The zero-order chi connectivity index (χ0) is 21.8. The fraction of sp³-hybridized carbons (Fsp3) is 0.381. The van der Waals surface area contributed by atoms with Crippen LogP contribution in [0.15, 0.2) is 24.3 Å². The monoisotopic (exact) mass is 437 g/mol. The summed E-state index contributed by atoms with van der Waals surface area (Å²) < 4.78 is 6.77. The van der Waals surface area contributed by atoms with E-state index in [4.69, 9.17) is 27.9 Å². The Balaban J connectivity index is 2.06. The largest absolute Gasteiger partial charge is 0.452 e. The SMILES string of the molecule is Cc1nn(Cc2c(Cl)cccc2Cl)c(C)c1C=CC(=O)OCC(=O)NC(C)(C)C. The van der Waals surface area contributed by atoms with E-state index in [0.717, 1.165) is 22.5 Å². The van der Waals surface area contributed by atoms with Gasteiger partial charge in [-0.25, -0.2) is 4.79 Å². The molecule has 1 aromatic carbocycles. The minimum atomic E-state index is -0.602. The van der Waals surface area contributed by atoms with Gasteiger partial charge in [-0.1, -0.05) is 29.3 Å². The Morgan fingerprint density at radius 2 is 1.83 bits per heavy atom. The highest BCUT2D eigenvalue weighted by molar-refractivity contribution is 6.35. The van der Waals surface area contributed by atoms with E-state index in [-0.39, 0.29) is 18.1 Å². The topological polar surface area (TPSA) is 73.2 Å². The van der Waals surface area contributed by atoms with Gasteiger partial charge < -0.3 is 10.1 Å². The number of rotatable bonds is 6. The molecule has 2 aromatic rings. The second-order valence-electron chi connectivity index (χ2n) is 7.68. The second kappa shape index (κ2) is 9.46. The number of halogens is 2. The Morgan fingerprint density at radius 1 is 1.21 bits per heavy atom. The number of hydrogen-bond donors (Lipinski definition) is 1. The molecule has 6 nitrogen and oxygen atoms in total. The molecule has 0 saturated carbocycles. The molecule has 0 unspecified atom stereocenters. The maximum absolute atomic E-state index is 11.9. The summed E-state index contributed by atoms with van der Waals surface area (Å²) in [6.45, 7) is 9.38. The van der Waals surface area contributed by atoms with Crippen LogP contribution in [0.4, 0.5) is 0 Å². The normalized spacial score (nSPS) is 11.7. The van der Waals surface area contributed by atoms with Crippen molar-refractivity contribution < 1.29 is 14.3 Å². The lowest BCUT2D eigenvalue weighted by Crippen LogP contribution is -2.42. The quantitative estimate of drug-likeness (QED) is 0.539. The number of nitrogens with zero attached hydrogens (tertiary/aromatic N) is 2. The number of aromatic nitrogens is 2. The first-order chi connectivity index (χ1) is 13.5. The number of benzene rings is 1. The van der Waals surface area contributed by atoms with Crippen molar-refractivity contribution in [3.8, 4) is 0 Å². The Hall–Kier alpha value is -2.31. The minimum Gasteiger partial charge on any atom is -0.452 e. The average Bonchev–Trinajstić information content (AvgIpc) is 2.86. The zero-order valence-electron chi connectivity index (χ0n) is 17.2. The Bertz CT molecular complexity index is 923. The Morgan fingerprint density at radius 3 is 2.41 bits per heavy atom. The smallest absolute Gasteiger partial charge is 0.331 e. The van der Waals surface area contributed by atoms with Crippen molar-refractivity contribution in [2.75, 3.05) is 6.61 Å². The minimum absolute atomic E-state index is 0.331. The van der Waals surface area contributed by atoms with Crippen molar-refractivity contribution in [3.63, 3.8) is 0 Å². The molecule has 2 rings (SSSR count). The molecule has 0 saturated heterocycles. The Labute approximate surface area is 180 Å². The highest BCUT2D eigenvalue weighted by atomic mass is 35.5. The summed E-state index contributed by atoms with van der Waals surface area (Å²) in [4.78, 5) is 23.7. The predicted molar refractivity (Wildman–Crippen MR) is 115 cm³/mol. The lowest BCUT2D eigenvalue weighted by atomic mass is 10.1. The van der Waals surface area contributed by atoms with E-state index in [1.807, 2.05) is 34.6 Å². The molecule has 0 atom stereocenters. The maximum atomic E-state index is 11.9. The summed E-state index contributed by atoms with van der Waals surface area (Å²) in [6, 6.07) is 5.35. The van der Waals surface area contributed by atoms with Crippen molar-refractivity contribution in [1.82, 2.24) is 15.1 Å². The predicted octanol–water partition coefficient (Wildman–Crippen LogP) is 4.33. The molecule has 1 amide bonds. The molecule has 8 heteroatoms. The molecule has 0 spiro atoms. The summed E-state index contributed by atoms with van der Waals surface area (Å²) in [5.41, 5.74) is 2.80. The van der Waals surface area contributed by atoms with Gasteiger partial charge in [-0.05, 0) is 52.8 Å². The Kier molecular flexibility index (Phi) is 7.49. The number of aryl methyl sites for hydroxylation is 1. The van der Waals surface area contributed by atoms with Crippen LogP contribution >= 0.6 is 23.2 Å². The van der Waals surface area contributed by atoms with Crippen LogP contribution in [0.1, 0.15) is 43.3 Å². The van der Waals surface area contributed by atoms with Crippen LogP contribution in [0.2, 0.25) is 10.0 Å². The molecular formula is C21H25Cl2N3O3. The molecule has 0 aliphatic heterocycles. The fourth-order valence-corrected chi connectivity index (χ4v) is 3.25. The van der Waals surface area contributed by atoms with Crippen LogP contribution in [0.3, 0.4) is 0 Å². The van der Waals surface area contributed by atoms with E-state index in [1.165, 1.54) is 6.08 Å². The van der Waals surface area contributed by atoms with Crippen LogP contribution in [0.25, 0.3) is 6.08 Å². The number of carbonyl (C=O) groups is 2. The molecule has 1 N–H and O–H groups in total. The van der Waals surface area contributed by atoms with E-state index in [2.05, 4.69) is 10.4 Å². The molecule has 0 aliphatic rings. The molecule has 0 aliphatic carbocycles. The van der Waals surface area contributed by atoms with Gasteiger partial charge in [0, 0.05) is 38.5 Å². The molecular weight excluding hydrogens is 413 g/mol. The van der Waals surface area contributed by atoms with Crippen LogP contribution in [0.5, 0.6) is 0 Å². The first-order valence-electron chi connectivity index (χ1n) is 9.10. The molecule has 156 valence electrons. The molecule has 1 heterocycles. The maximum Gasteiger partial charge on any atom is 0.331 e.